The van der Waals surface area contributed by atoms with Gasteiger partial charge in [-0.25, -0.2) is 9.67 Å². The Morgan fingerprint density at radius 2 is 2.04 bits per heavy atom. The maximum absolute atomic E-state index is 12.2. The summed E-state index contributed by atoms with van der Waals surface area (Å²) >= 11 is 1.55. The molecule has 3 rings (SSSR count). The van der Waals surface area contributed by atoms with E-state index in [1.165, 1.54) is 0 Å². The molecule has 5 nitrogen and oxygen atoms in total. The van der Waals surface area contributed by atoms with Gasteiger partial charge in [-0.2, -0.15) is 5.10 Å². The predicted octanol–water partition coefficient (Wildman–Crippen LogP) is 3.19. The van der Waals surface area contributed by atoms with Gasteiger partial charge in [0.15, 0.2) is 0 Å². The van der Waals surface area contributed by atoms with E-state index in [0.29, 0.717) is 12.4 Å². The Bertz CT molecular complexity index is 807. The Balaban J connectivity index is 1.71. The van der Waals surface area contributed by atoms with Gasteiger partial charge >= 0.3 is 0 Å². The van der Waals surface area contributed by atoms with Crippen LogP contribution in [0.1, 0.15) is 22.0 Å². The molecule has 0 aliphatic rings. The fourth-order valence-corrected chi connectivity index (χ4v) is 2.98. The average molecular weight is 326 g/mol. The van der Waals surface area contributed by atoms with E-state index >= 15 is 0 Å². The molecule has 2 heterocycles. The van der Waals surface area contributed by atoms with Crippen molar-refractivity contribution in [1.29, 1.82) is 0 Å². The molecule has 6 heteroatoms. The van der Waals surface area contributed by atoms with Gasteiger partial charge in [-0.05, 0) is 19.4 Å². The topological polar surface area (TPSA) is 59.8 Å². The van der Waals surface area contributed by atoms with E-state index in [0.717, 1.165) is 22.0 Å². The normalized spacial score (nSPS) is 10.7. The molecular formula is C17H18N4OS. The molecule has 1 N–H and O–H groups in total. The van der Waals surface area contributed by atoms with Crippen LogP contribution in [0.15, 0.2) is 41.8 Å². The van der Waals surface area contributed by atoms with Crippen LogP contribution in [0.5, 0.6) is 0 Å². The van der Waals surface area contributed by atoms with Crippen molar-refractivity contribution in [3.63, 3.8) is 0 Å². The summed E-state index contributed by atoms with van der Waals surface area (Å²) in [5, 5.41) is 10.3. The lowest BCUT2D eigenvalue weighted by molar-refractivity contribution is -0.115. The summed E-state index contributed by atoms with van der Waals surface area (Å²) in [6, 6.07) is 11.9. The van der Waals surface area contributed by atoms with Crippen molar-refractivity contribution in [2.75, 3.05) is 5.32 Å². The standard InChI is InChI=1S/C17H18N4OS/c1-12-8-16(19-17(22)9-15-11-23-13(2)18-15)21(20-12)10-14-6-4-3-5-7-14/h3-8,11H,9-10H2,1-2H3,(H,19,22). The summed E-state index contributed by atoms with van der Waals surface area (Å²) in [5.74, 6) is 0.632. The van der Waals surface area contributed by atoms with Crippen molar-refractivity contribution >= 4 is 23.1 Å². The predicted molar refractivity (Wildman–Crippen MR) is 91.7 cm³/mol. The molecule has 0 spiro atoms. The number of thiazole rings is 1. The summed E-state index contributed by atoms with van der Waals surface area (Å²) in [5.41, 5.74) is 2.82. The maximum Gasteiger partial charge on any atom is 0.231 e. The number of aromatic nitrogens is 3. The summed E-state index contributed by atoms with van der Waals surface area (Å²) in [6.07, 6.45) is 0.278. The van der Waals surface area contributed by atoms with Gasteiger partial charge in [-0.3, -0.25) is 4.79 Å². The summed E-state index contributed by atoms with van der Waals surface area (Å²) < 4.78 is 1.81. The van der Waals surface area contributed by atoms with Crippen LogP contribution in [-0.4, -0.2) is 20.7 Å². The number of carbonyl (C=O) groups is 1. The minimum absolute atomic E-state index is 0.0792. The van der Waals surface area contributed by atoms with Crippen LogP contribution < -0.4 is 5.32 Å². The zero-order chi connectivity index (χ0) is 16.2. The van der Waals surface area contributed by atoms with Gasteiger partial charge in [0.25, 0.3) is 0 Å². The van der Waals surface area contributed by atoms with Crippen LogP contribution in [-0.2, 0) is 17.8 Å². The number of amides is 1. The highest BCUT2D eigenvalue weighted by molar-refractivity contribution is 7.09. The third kappa shape index (κ3) is 4.04. The summed E-state index contributed by atoms with van der Waals surface area (Å²) in [6.45, 7) is 4.48. The first kappa shape index (κ1) is 15.4. The Morgan fingerprint density at radius 1 is 1.26 bits per heavy atom. The van der Waals surface area contributed by atoms with Crippen molar-refractivity contribution in [2.45, 2.75) is 26.8 Å². The molecule has 3 aromatic rings. The van der Waals surface area contributed by atoms with Gasteiger partial charge in [0, 0.05) is 11.4 Å². The molecule has 118 valence electrons. The Hall–Kier alpha value is -2.47. The molecule has 23 heavy (non-hydrogen) atoms. The second-order valence-electron chi connectivity index (χ2n) is 5.40. The first-order valence-corrected chi connectivity index (χ1v) is 8.27. The molecule has 0 saturated carbocycles. The van der Waals surface area contributed by atoms with Gasteiger partial charge in [0.1, 0.15) is 5.82 Å². The van der Waals surface area contributed by atoms with E-state index in [1.807, 2.05) is 60.3 Å². The SMILES string of the molecule is Cc1cc(NC(=O)Cc2csc(C)n2)n(Cc2ccccc2)n1. The first-order valence-electron chi connectivity index (χ1n) is 7.39. The quantitative estimate of drug-likeness (QED) is 0.783. The number of aryl methyl sites for hydroxylation is 2. The molecule has 0 unspecified atom stereocenters. The second-order valence-corrected chi connectivity index (χ2v) is 6.46. The van der Waals surface area contributed by atoms with Gasteiger partial charge < -0.3 is 5.32 Å². The molecule has 1 amide bonds. The van der Waals surface area contributed by atoms with Crippen LogP contribution in [0.2, 0.25) is 0 Å². The number of carbonyl (C=O) groups excluding carboxylic acids is 1. The Labute approximate surface area is 139 Å². The highest BCUT2D eigenvalue weighted by atomic mass is 32.1. The fourth-order valence-electron chi connectivity index (χ4n) is 2.36. The van der Waals surface area contributed by atoms with Crippen LogP contribution in [0.4, 0.5) is 5.82 Å². The highest BCUT2D eigenvalue weighted by Gasteiger charge is 2.11. The molecule has 2 aromatic heterocycles. The number of nitrogens with one attached hydrogen (secondary N) is 1. The minimum atomic E-state index is -0.0792. The number of hydrogen-bond acceptors (Lipinski definition) is 4. The third-order valence-corrected chi connectivity index (χ3v) is 4.18. The van der Waals surface area contributed by atoms with Crippen LogP contribution in [0.3, 0.4) is 0 Å². The van der Waals surface area contributed by atoms with Crippen LogP contribution >= 0.6 is 11.3 Å². The zero-order valence-corrected chi connectivity index (χ0v) is 13.9. The lowest BCUT2D eigenvalue weighted by Gasteiger charge is -2.08. The smallest absolute Gasteiger partial charge is 0.231 e. The van der Waals surface area contributed by atoms with E-state index in [9.17, 15) is 4.79 Å². The number of hydrogen-bond donors (Lipinski definition) is 1. The third-order valence-electron chi connectivity index (χ3n) is 3.35. The van der Waals surface area contributed by atoms with Gasteiger partial charge in [0.05, 0.1) is 29.4 Å². The Kier molecular flexibility index (Phi) is 4.52. The first-order chi connectivity index (χ1) is 11.1. The van der Waals surface area contributed by atoms with Gasteiger partial charge in [-0.15, -0.1) is 11.3 Å². The molecule has 0 saturated heterocycles. The van der Waals surface area contributed by atoms with Crippen molar-refractivity contribution in [3.8, 4) is 0 Å². The number of rotatable bonds is 5. The van der Waals surface area contributed by atoms with Gasteiger partial charge in [0.2, 0.25) is 5.91 Å². The lowest BCUT2D eigenvalue weighted by Crippen LogP contribution is -2.18. The van der Waals surface area contributed by atoms with Crippen molar-refractivity contribution in [3.05, 3.63) is 63.7 Å². The Morgan fingerprint density at radius 3 is 2.74 bits per heavy atom. The molecule has 0 aliphatic heterocycles. The van der Waals surface area contributed by atoms with Crippen LogP contribution in [0, 0.1) is 13.8 Å². The number of benzene rings is 1. The summed E-state index contributed by atoms with van der Waals surface area (Å²) in [7, 11) is 0. The fraction of sp³-hybridized carbons (Fsp3) is 0.235. The number of nitrogens with zero attached hydrogens (tertiary/aromatic N) is 3. The molecule has 0 fully saturated rings. The average Bonchev–Trinajstić information content (AvgIpc) is 3.06. The van der Waals surface area contributed by atoms with E-state index in [-0.39, 0.29) is 12.3 Å². The monoisotopic (exact) mass is 326 g/mol. The van der Waals surface area contributed by atoms with Gasteiger partial charge in [-0.1, -0.05) is 30.3 Å². The molecule has 0 radical (unpaired) electrons. The van der Waals surface area contributed by atoms with E-state index in [2.05, 4.69) is 15.4 Å². The largest absolute Gasteiger partial charge is 0.311 e. The molecule has 1 aromatic carbocycles. The summed E-state index contributed by atoms with van der Waals surface area (Å²) in [4.78, 5) is 16.5. The second kappa shape index (κ2) is 6.75. The van der Waals surface area contributed by atoms with E-state index < -0.39 is 0 Å². The molecule has 0 bridgehead atoms. The molecule has 0 aliphatic carbocycles. The highest BCUT2D eigenvalue weighted by Crippen LogP contribution is 2.14. The lowest BCUT2D eigenvalue weighted by atomic mass is 10.2. The van der Waals surface area contributed by atoms with Crippen molar-refractivity contribution < 1.29 is 4.79 Å². The van der Waals surface area contributed by atoms with Crippen molar-refractivity contribution in [1.82, 2.24) is 14.8 Å². The van der Waals surface area contributed by atoms with E-state index in [1.54, 1.807) is 11.3 Å². The minimum Gasteiger partial charge on any atom is -0.311 e. The van der Waals surface area contributed by atoms with Crippen LogP contribution in [0.25, 0.3) is 0 Å². The zero-order valence-electron chi connectivity index (χ0n) is 13.1. The van der Waals surface area contributed by atoms with E-state index in [4.69, 9.17) is 0 Å². The number of anilines is 1. The molecule has 0 atom stereocenters. The van der Waals surface area contributed by atoms with Crippen molar-refractivity contribution in [2.24, 2.45) is 0 Å². The maximum atomic E-state index is 12.2. The molecular weight excluding hydrogens is 308 g/mol.